The van der Waals surface area contributed by atoms with E-state index in [-0.39, 0.29) is 28.6 Å². The molecule has 5 nitrogen and oxygen atoms in total. The summed E-state index contributed by atoms with van der Waals surface area (Å²) >= 11 is 5.81. The molecule has 2 rings (SSSR count). The highest BCUT2D eigenvalue weighted by molar-refractivity contribution is 7.89. The molecule has 0 spiro atoms. The highest BCUT2D eigenvalue weighted by atomic mass is 35.5. The molecule has 25 heavy (non-hydrogen) atoms. The van der Waals surface area contributed by atoms with E-state index >= 15 is 0 Å². The Morgan fingerprint density at radius 1 is 1.12 bits per heavy atom. The van der Waals surface area contributed by atoms with Gasteiger partial charge >= 0.3 is 0 Å². The molecule has 2 N–H and O–H groups in total. The molecule has 1 amide bonds. The van der Waals surface area contributed by atoms with Crippen molar-refractivity contribution >= 4 is 27.5 Å². The van der Waals surface area contributed by atoms with Crippen LogP contribution < -0.4 is 10.0 Å². The SMILES string of the molecule is Cc1ccc(S(=O)(=O)NCCNC(=O)c2c(F)cccc2Cl)cc1C. The Kier molecular flexibility index (Phi) is 6.16. The minimum absolute atomic E-state index is 0.00629. The third-order valence-corrected chi connectivity index (χ3v) is 5.45. The van der Waals surface area contributed by atoms with Crippen LogP contribution in [0.1, 0.15) is 21.5 Å². The van der Waals surface area contributed by atoms with Crippen molar-refractivity contribution < 1.29 is 17.6 Å². The van der Waals surface area contributed by atoms with Gasteiger partial charge in [0.2, 0.25) is 10.0 Å². The van der Waals surface area contributed by atoms with E-state index in [0.29, 0.717) is 0 Å². The van der Waals surface area contributed by atoms with Gasteiger partial charge in [0, 0.05) is 13.1 Å². The first-order chi connectivity index (χ1) is 11.7. The third kappa shape index (κ3) is 4.78. The molecule has 0 unspecified atom stereocenters. The molecule has 134 valence electrons. The zero-order valence-electron chi connectivity index (χ0n) is 13.8. The van der Waals surface area contributed by atoms with Crippen LogP contribution in [0.3, 0.4) is 0 Å². The molecular weight excluding hydrogens is 367 g/mol. The third-order valence-electron chi connectivity index (χ3n) is 3.68. The fraction of sp³-hybridized carbons (Fsp3) is 0.235. The van der Waals surface area contributed by atoms with Gasteiger partial charge in [-0.05, 0) is 49.2 Å². The maximum absolute atomic E-state index is 13.6. The Balaban J connectivity index is 1.94. The van der Waals surface area contributed by atoms with Gasteiger partial charge in [-0.25, -0.2) is 17.5 Å². The van der Waals surface area contributed by atoms with Crippen molar-refractivity contribution in [2.45, 2.75) is 18.7 Å². The number of carbonyl (C=O) groups is 1. The van der Waals surface area contributed by atoms with Gasteiger partial charge < -0.3 is 5.32 Å². The lowest BCUT2D eigenvalue weighted by Crippen LogP contribution is -2.35. The second-order valence-electron chi connectivity index (χ2n) is 5.50. The van der Waals surface area contributed by atoms with Crippen LogP contribution in [0, 0.1) is 19.7 Å². The first-order valence-electron chi connectivity index (χ1n) is 7.51. The lowest BCUT2D eigenvalue weighted by atomic mass is 10.1. The number of nitrogens with one attached hydrogen (secondary N) is 2. The van der Waals surface area contributed by atoms with E-state index in [9.17, 15) is 17.6 Å². The minimum Gasteiger partial charge on any atom is -0.351 e. The molecule has 0 aliphatic heterocycles. The Hall–Kier alpha value is -1.96. The summed E-state index contributed by atoms with van der Waals surface area (Å²) in [5.41, 5.74) is 1.60. The number of aryl methyl sites for hydroxylation is 2. The smallest absolute Gasteiger partial charge is 0.255 e. The molecule has 2 aromatic rings. The van der Waals surface area contributed by atoms with E-state index in [1.54, 1.807) is 12.1 Å². The van der Waals surface area contributed by atoms with Crippen LogP contribution in [-0.2, 0) is 10.0 Å². The van der Waals surface area contributed by atoms with Crippen LogP contribution in [0.2, 0.25) is 5.02 Å². The van der Waals surface area contributed by atoms with E-state index in [1.807, 2.05) is 13.8 Å². The Morgan fingerprint density at radius 3 is 2.48 bits per heavy atom. The quantitative estimate of drug-likeness (QED) is 0.752. The summed E-state index contributed by atoms with van der Waals surface area (Å²) in [6.07, 6.45) is 0. The highest BCUT2D eigenvalue weighted by Gasteiger charge is 2.17. The zero-order valence-corrected chi connectivity index (χ0v) is 15.3. The van der Waals surface area contributed by atoms with Gasteiger partial charge in [0.25, 0.3) is 5.91 Å². The summed E-state index contributed by atoms with van der Waals surface area (Å²) in [6, 6.07) is 8.75. The number of rotatable bonds is 6. The molecule has 0 radical (unpaired) electrons. The molecule has 0 bridgehead atoms. The minimum atomic E-state index is -3.68. The van der Waals surface area contributed by atoms with Crippen LogP contribution >= 0.6 is 11.6 Å². The molecule has 0 saturated heterocycles. The number of halogens is 2. The highest BCUT2D eigenvalue weighted by Crippen LogP contribution is 2.18. The molecule has 0 heterocycles. The monoisotopic (exact) mass is 384 g/mol. The first kappa shape index (κ1) is 19.4. The second-order valence-corrected chi connectivity index (χ2v) is 7.67. The van der Waals surface area contributed by atoms with Crippen LogP contribution in [0.15, 0.2) is 41.3 Å². The summed E-state index contributed by atoms with van der Waals surface area (Å²) in [7, 11) is -3.68. The maximum Gasteiger partial charge on any atom is 0.255 e. The summed E-state index contributed by atoms with van der Waals surface area (Å²) in [6.45, 7) is 3.68. The van der Waals surface area contributed by atoms with E-state index in [2.05, 4.69) is 10.0 Å². The average molecular weight is 385 g/mol. The Morgan fingerprint density at radius 2 is 1.84 bits per heavy atom. The summed E-state index contributed by atoms with van der Waals surface area (Å²) in [5, 5.41) is 2.43. The van der Waals surface area contributed by atoms with E-state index in [4.69, 9.17) is 11.6 Å². The van der Waals surface area contributed by atoms with Gasteiger partial charge in [0.05, 0.1) is 15.5 Å². The van der Waals surface area contributed by atoms with Crippen LogP contribution in [0.25, 0.3) is 0 Å². The van der Waals surface area contributed by atoms with E-state index in [0.717, 1.165) is 17.2 Å². The van der Waals surface area contributed by atoms with Crippen molar-refractivity contribution in [2.24, 2.45) is 0 Å². The number of amides is 1. The largest absolute Gasteiger partial charge is 0.351 e. The first-order valence-corrected chi connectivity index (χ1v) is 9.37. The number of hydrogen-bond donors (Lipinski definition) is 2. The number of benzene rings is 2. The molecular formula is C17H18ClFN2O3S. The lowest BCUT2D eigenvalue weighted by molar-refractivity contribution is 0.0950. The molecule has 0 aliphatic rings. The lowest BCUT2D eigenvalue weighted by Gasteiger charge is -2.10. The van der Waals surface area contributed by atoms with Crippen LogP contribution in [-0.4, -0.2) is 27.4 Å². The van der Waals surface area contributed by atoms with Crippen molar-refractivity contribution in [1.29, 1.82) is 0 Å². The van der Waals surface area contributed by atoms with Gasteiger partial charge in [-0.3, -0.25) is 4.79 Å². The maximum atomic E-state index is 13.6. The summed E-state index contributed by atoms with van der Waals surface area (Å²) in [5.74, 6) is -1.44. The Bertz CT molecular complexity index is 881. The van der Waals surface area contributed by atoms with E-state index in [1.165, 1.54) is 18.2 Å². The van der Waals surface area contributed by atoms with Gasteiger partial charge in [-0.2, -0.15) is 0 Å². The number of carbonyl (C=O) groups excluding carboxylic acids is 1. The molecule has 0 fully saturated rings. The van der Waals surface area contributed by atoms with E-state index < -0.39 is 21.7 Å². The van der Waals surface area contributed by atoms with Gasteiger partial charge in [-0.15, -0.1) is 0 Å². The number of hydrogen-bond acceptors (Lipinski definition) is 3. The van der Waals surface area contributed by atoms with Gasteiger partial charge in [-0.1, -0.05) is 23.7 Å². The fourth-order valence-electron chi connectivity index (χ4n) is 2.13. The van der Waals surface area contributed by atoms with Crippen LogP contribution in [0.5, 0.6) is 0 Å². The predicted octanol–water partition coefficient (Wildman–Crippen LogP) is 2.80. The molecule has 2 aromatic carbocycles. The van der Waals surface area contributed by atoms with Crippen molar-refractivity contribution in [1.82, 2.24) is 10.0 Å². The molecule has 0 aromatic heterocycles. The topological polar surface area (TPSA) is 75.3 Å². The summed E-state index contributed by atoms with van der Waals surface area (Å²) in [4.78, 5) is 12.1. The zero-order chi connectivity index (χ0) is 18.6. The van der Waals surface area contributed by atoms with Gasteiger partial charge in [0.15, 0.2) is 0 Å². The number of sulfonamides is 1. The average Bonchev–Trinajstić information content (AvgIpc) is 2.54. The standard InChI is InChI=1S/C17H18ClFN2O3S/c1-11-6-7-13(10-12(11)2)25(23,24)21-9-8-20-17(22)16-14(18)4-3-5-15(16)19/h3-7,10,21H,8-9H2,1-2H3,(H,20,22). The molecule has 8 heteroatoms. The Labute approximate surface area is 151 Å². The molecule has 0 atom stereocenters. The van der Waals surface area contributed by atoms with Crippen molar-refractivity contribution in [3.05, 3.63) is 63.9 Å². The molecule has 0 aliphatic carbocycles. The predicted molar refractivity (Wildman–Crippen MR) is 94.8 cm³/mol. The fourth-order valence-corrected chi connectivity index (χ4v) is 3.49. The summed E-state index contributed by atoms with van der Waals surface area (Å²) < 4.78 is 40.5. The molecule has 0 saturated carbocycles. The second kappa shape index (κ2) is 7.95. The van der Waals surface area contributed by atoms with Crippen molar-refractivity contribution in [2.75, 3.05) is 13.1 Å². The van der Waals surface area contributed by atoms with Gasteiger partial charge in [0.1, 0.15) is 5.82 Å². The normalized spacial score (nSPS) is 11.4. The van der Waals surface area contributed by atoms with Crippen molar-refractivity contribution in [3.63, 3.8) is 0 Å². The van der Waals surface area contributed by atoms with Crippen LogP contribution in [0.4, 0.5) is 4.39 Å². The van der Waals surface area contributed by atoms with Crippen molar-refractivity contribution in [3.8, 4) is 0 Å².